The maximum absolute atomic E-state index is 11.3. The van der Waals surface area contributed by atoms with Gasteiger partial charge in [-0.25, -0.2) is 0 Å². The second kappa shape index (κ2) is 7.59. The van der Waals surface area contributed by atoms with Crippen molar-refractivity contribution in [2.24, 2.45) is 0 Å². The number of nitrogens with one attached hydrogen (secondary N) is 2. The van der Waals surface area contributed by atoms with Gasteiger partial charge in [-0.1, -0.05) is 12.1 Å². The summed E-state index contributed by atoms with van der Waals surface area (Å²) in [5.74, 6) is 0.664. The lowest BCUT2D eigenvalue weighted by atomic mass is 9.91. The van der Waals surface area contributed by atoms with Gasteiger partial charge in [-0.05, 0) is 43.4 Å². The highest BCUT2D eigenvalue weighted by Gasteiger charge is 2.21. The molecule has 116 valence electrons. The third-order valence-electron chi connectivity index (χ3n) is 3.80. The molecule has 1 atom stereocenters. The molecule has 0 bridgehead atoms. The summed E-state index contributed by atoms with van der Waals surface area (Å²) in [7, 11) is -0.810. The Labute approximate surface area is 129 Å². The van der Waals surface area contributed by atoms with Crippen LogP contribution in [0.3, 0.4) is 0 Å². The van der Waals surface area contributed by atoms with Gasteiger partial charge in [0.15, 0.2) is 0 Å². The molecule has 0 saturated heterocycles. The third-order valence-corrected chi connectivity index (χ3v) is 4.54. The quantitative estimate of drug-likeness (QED) is 0.878. The van der Waals surface area contributed by atoms with Crippen LogP contribution >= 0.6 is 0 Å². The molecule has 4 nitrogen and oxygen atoms in total. The van der Waals surface area contributed by atoms with E-state index in [0.717, 1.165) is 36.9 Å². The highest BCUT2D eigenvalue weighted by atomic mass is 32.2. The van der Waals surface area contributed by atoms with E-state index in [1.165, 1.54) is 0 Å². The molecule has 1 aromatic carbocycles. The molecule has 1 aromatic rings. The van der Waals surface area contributed by atoms with E-state index in [2.05, 4.69) is 22.8 Å². The van der Waals surface area contributed by atoms with E-state index in [1.54, 1.807) is 13.2 Å². The zero-order valence-electron chi connectivity index (χ0n) is 12.7. The number of hydrogen-bond acceptors (Lipinski definition) is 3. The Kier molecular flexibility index (Phi) is 5.79. The van der Waals surface area contributed by atoms with Crippen LogP contribution in [0.4, 0.5) is 5.69 Å². The van der Waals surface area contributed by atoms with Crippen molar-refractivity contribution in [1.29, 1.82) is 0 Å². The molecule has 0 aliphatic heterocycles. The number of carbonyl (C=O) groups is 1. The largest absolute Gasteiger partial charge is 0.382 e. The molecule has 2 rings (SSSR count). The van der Waals surface area contributed by atoms with Gasteiger partial charge in [0.25, 0.3) is 0 Å². The third kappa shape index (κ3) is 5.50. The average molecular weight is 308 g/mol. The van der Waals surface area contributed by atoms with Crippen LogP contribution in [0, 0.1) is 0 Å². The van der Waals surface area contributed by atoms with E-state index in [1.807, 2.05) is 12.1 Å². The van der Waals surface area contributed by atoms with Crippen molar-refractivity contribution in [2.75, 3.05) is 11.6 Å². The van der Waals surface area contributed by atoms with Crippen LogP contribution < -0.4 is 10.6 Å². The molecular formula is C16H24N2O2S. The molecule has 0 aromatic heterocycles. The molecule has 1 aliphatic carbocycles. The molecule has 1 unspecified atom stereocenters. The van der Waals surface area contributed by atoms with E-state index in [0.29, 0.717) is 17.8 Å². The van der Waals surface area contributed by atoms with Crippen LogP contribution in [0.2, 0.25) is 0 Å². The number of anilines is 1. The van der Waals surface area contributed by atoms with Crippen molar-refractivity contribution >= 4 is 22.4 Å². The van der Waals surface area contributed by atoms with Crippen LogP contribution in [0.5, 0.6) is 0 Å². The standard InChI is InChI=1S/C16H24N2O2S/c1-12(19)17-14-6-8-15(9-7-14)18-16-5-3-4-13(10-16)11-21(2)20/h3-5,10,14-15,18H,6-9,11H2,1-2H3,(H,17,19). The summed E-state index contributed by atoms with van der Waals surface area (Å²) >= 11 is 0. The highest BCUT2D eigenvalue weighted by molar-refractivity contribution is 7.83. The molecule has 1 amide bonds. The minimum atomic E-state index is -0.810. The highest BCUT2D eigenvalue weighted by Crippen LogP contribution is 2.23. The maximum atomic E-state index is 11.3. The van der Waals surface area contributed by atoms with Gasteiger partial charge in [0, 0.05) is 47.5 Å². The first-order chi connectivity index (χ1) is 10.0. The molecule has 0 radical (unpaired) electrons. The number of benzene rings is 1. The van der Waals surface area contributed by atoms with Crippen LogP contribution in [-0.2, 0) is 21.3 Å². The topological polar surface area (TPSA) is 58.2 Å². The molecule has 21 heavy (non-hydrogen) atoms. The first kappa shape index (κ1) is 16.0. The molecule has 2 N–H and O–H groups in total. The van der Waals surface area contributed by atoms with E-state index >= 15 is 0 Å². The zero-order valence-corrected chi connectivity index (χ0v) is 13.5. The molecule has 1 saturated carbocycles. The summed E-state index contributed by atoms with van der Waals surface area (Å²) in [6, 6.07) is 8.95. The molecule has 5 heteroatoms. The Morgan fingerprint density at radius 1 is 1.24 bits per heavy atom. The van der Waals surface area contributed by atoms with Crippen molar-refractivity contribution in [3.8, 4) is 0 Å². The first-order valence-electron chi connectivity index (χ1n) is 7.45. The van der Waals surface area contributed by atoms with Crippen LogP contribution in [-0.4, -0.2) is 28.5 Å². The fourth-order valence-corrected chi connectivity index (χ4v) is 3.54. The lowest BCUT2D eigenvalue weighted by molar-refractivity contribution is -0.119. The van der Waals surface area contributed by atoms with Gasteiger partial charge < -0.3 is 10.6 Å². The Hall–Kier alpha value is -1.36. The minimum absolute atomic E-state index is 0.0617. The van der Waals surface area contributed by atoms with E-state index < -0.39 is 10.8 Å². The van der Waals surface area contributed by atoms with Crippen LogP contribution in [0.15, 0.2) is 24.3 Å². The maximum Gasteiger partial charge on any atom is 0.217 e. The predicted molar refractivity (Wildman–Crippen MR) is 87.7 cm³/mol. The van der Waals surface area contributed by atoms with Crippen molar-refractivity contribution in [3.63, 3.8) is 0 Å². The smallest absolute Gasteiger partial charge is 0.217 e. The zero-order chi connectivity index (χ0) is 15.2. The van der Waals surface area contributed by atoms with Crippen molar-refractivity contribution in [2.45, 2.75) is 50.4 Å². The van der Waals surface area contributed by atoms with Crippen molar-refractivity contribution < 1.29 is 9.00 Å². The van der Waals surface area contributed by atoms with Crippen molar-refractivity contribution in [1.82, 2.24) is 5.32 Å². The summed E-state index contributed by atoms with van der Waals surface area (Å²) in [6.07, 6.45) is 5.90. The molecular weight excluding hydrogens is 284 g/mol. The predicted octanol–water partition coefficient (Wildman–Crippen LogP) is 2.42. The Morgan fingerprint density at radius 2 is 1.90 bits per heavy atom. The summed E-state index contributed by atoms with van der Waals surface area (Å²) < 4.78 is 11.3. The first-order valence-corrected chi connectivity index (χ1v) is 9.18. The van der Waals surface area contributed by atoms with Crippen LogP contribution in [0.1, 0.15) is 38.2 Å². The van der Waals surface area contributed by atoms with E-state index in [9.17, 15) is 9.00 Å². The van der Waals surface area contributed by atoms with Crippen LogP contribution in [0.25, 0.3) is 0 Å². The molecule has 1 fully saturated rings. The van der Waals surface area contributed by atoms with Crippen molar-refractivity contribution in [3.05, 3.63) is 29.8 Å². The summed E-state index contributed by atoms with van der Waals surface area (Å²) in [4.78, 5) is 11.1. The summed E-state index contributed by atoms with van der Waals surface area (Å²) in [6.45, 7) is 1.58. The van der Waals surface area contributed by atoms with E-state index in [-0.39, 0.29) is 5.91 Å². The van der Waals surface area contributed by atoms with E-state index in [4.69, 9.17) is 0 Å². The fraction of sp³-hybridized carbons (Fsp3) is 0.562. The van der Waals surface area contributed by atoms with Gasteiger partial charge >= 0.3 is 0 Å². The molecule has 1 aliphatic rings. The SMILES string of the molecule is CC(=O)NC1CCC(Nc2cccc(CS(C)=O)c2)CC1. The number of amides is 1. The van der Waals surface area contributed by atoms with Gasteiger partial charge in [0.2, 0.25) is 5.91 Å². The second-order valence-electron chi connectivity index (χ2n) is 5.81. The number of hydrogen-bond donors (Lipinski definition) is 2. The number of rotatable bonds is 5. The minimum Gasteiger partial charge on any atom is -0.382 e. The Bertz CT molecular complexity index is 511. The molecule has 0 heterocycles. The number of carbonyl (C=O) groups excluding carboxylic acids is 1. The van der Waals surface area contributed by atoms with Gasteiger partial charge in [-0.15, -0.1) is 0 Å². The fourth-order valence-electron chi connectivity index (χ4n) is 2.89. The summed E-state index contributed by atoms with van der Waals surface area (Å²) in [5.41, 5.74) is 2.20. The summed E-state index contributed by atoms with van der Waals surface area (Å²) in [5, 5.41) is 6.55. The monoisotopic (exact) mass is 308 g/mol. The molecule has 0 spiro atoms. The van der Waals surface area contributed by atoms with Gasteiger partial charge in [0.05, 0.1) is 0 Å². The average Bonchev–Trinajstić information content (AvgIpc) is 2.40. The van der Waals surface area contributed by atoms with Gasteiger partial charge in [-0.3, -0.25) is 9.00 Å². The lowest BCUT2D eigenvalue weighted by Gasteiger charge is -2.30. The normalized spacial score (nSPS) is 23.3. The Balaban J connectivity index is 1.85. The van der Waals surface area contributed by atoms with Gasteiger partial charge in [-0.2, -0.15) is 0 Å². The van der Waals surface area contributed by atoms with Gasteiger partial charge in [0.1, 0.15) is 0 Å². The lowest BCUT2D eigenvalue weighted by Crippen LogP contribution is -2.39. The second-order valence-corrected chi connectivity index (χ2v) is 7.25. The Morgan fingerprint density at radius 3 is 2.52 bits per heavy atom.